The number of halogens is 3. The first-order chi connectivity index (χ1) is 8.27. The summed E-state index contributed by atoms with van der Waals surface area (Å²) in [6.07, 6.45) is -4.41. The number of nitrogens with zero attached hydrogens (tertiary/aromatic N) is 2. The number of hydrogen-bond donors (Lipinski definition) is 1. The molecule has 3 nitrogen and oxygen atoms in total. The van der Waals surface area contributed by atoms with Gasteiger partial charge in [0.25, 0.3) is 0 Å². The fourth-order valence-electron chi connectivity index (χ4n) is 1.66. The third-order valence-electron chi connectivity index (χ3n) is 2.69. The highest BCUT2D eigenvalue weighted by Crippen LogP contribution is 2.33. The average Bonchev–Trinajstić information content (AvgIpc) is 2.57. The van der Waals surface area contributed by atoms with Gasteiger partial charge in [0.2, 0.25) is 0 Å². The highest BCUT2D eigenvalue weighted by molar-refractivity contribution is 5.66. The van der Waals surface area contributed by atoms with E-state index in [4.69, 9.17) is 5.73 Å². The molecule has 0 aliphatic heterocycles. The van der Waals surface area contributed by atoms with Crippen molar-refractivity contribution < 1.29 is 13.2 Å². The molecule has 18 heavy (non-hydrogen) atoms. The number of aromatic nitrogens is 2. The number of anilines is 1. The van der Waals surface area contributed by atoms with Gasteiger partial charge in [0.05, 0.1) is 11.3 Å². The van der Waals surface area contributed by atoms with Gasteiger partial charge in [-0.15, -0.1) is 0 Å². The lowest BCUT2D eigenvalue weighted by molar-refractivity contribution is -0.137. The minimum atomic E-state index is -4.41. The van der Waals surface area contributed by atoms with Gasteiger partial charge in [0.1, 0.15) is 0 Å². The summed E-state index contributed by atoms with van der Waals surface area (Å²) in [6.45, 7) is 1.83. The van der Waals surface area contributed by atoms with Gasteiger partial charge < -0.3 is 5.73 Å². The lowest BCUT2D eigenvalue weighted by Gasteiger charge is -2.09. The Balaban J connectivity index is 2.55. The Morgan fingerprint density at radius 3 is 2.33 bits per heavy atom. The molecule has 0 radical (unpaired) electrons. The molecule has 0 saturated heterocycles. The molecule has 6 heteroatoms. The van der Waals surface area contributed by atoms with Crippen LogP contribution in [0.25, 0.3) is 11.3 Å². The molecule has 0 atom stereocenters. The van der Waals surface area contributed by atoms with E-state index in [1.807, 2.05) is 6.92 Å². The summed E-state index contributed by atoms with van der Waals surface area (Å²) in [4.78, 5) is 0. The summed E-state index contributed by atoms with van der Waals surface area (Å²) < 4.78 is 39.6. The predicted molar refractivity (Wildman–Crippen MR) is 62.8 cm³/mol. The monoisotopic (exact) mass is 255 g/mol. The minimum Gasteiger partial charge on any atom is -0.399 e. The maximum atomic E-state index is 12.7. The summed E-state index contributed by atoms with van der Waals surface area (Å²) in [6, 6.07) is 5.17. The number of hydrogen-bond acceptors (Lipinski definition) is 2. The summed E-state index contributed by atoms with van der Waals surface area (Å²) in [5.41, 5.74) is 6.52. The first kappa shape index (κ1) is 12.5. The molecule has 1 heterocycles. The molecule has 1 aromatic heterocycles. The largest absolute Gasteiger partial charge is 0.416 e. The van der Waals surface area contributed by atoms with Crippen LogP contribution >= 0.6 is 0 Å². The van der Waals surface area contributed by atoms with E-state index in [1.54, 1.807) is 17.8 Å². The van der Waals surface area contributed by atoms with Crippen LogP contribution in [0.4, 0.5) is 18.9 Å². The van der Waals surface area contributed by atoms with Gasteiger partial charge in [-0.05, 0) is 31.2 Å². The number of benzene rings is 1. The van der Waals surface area contributed by atoms with Crippen molar-refractivity contribution in [2.75, 3.05) is 5.73 Å². The molecule has 2 N–H and O–H groups in total. The topological polar surface area (TPSA) is 43.8 Å². The lowest BCUT2D eigenvalue weighted by Crippen LogP contribution is -2.06. The first-order valence-corrected chi connectivity index (χ1v) is 5.26. The second kappa shape index (κ2) is 4.04. The Hall–Kier alpha value is -1.98. The van der Waals surface area contributed by atoms with E-state index in [-0.39, 0.29) is 5.69 Å². The van der Waals surface area contributed by atoms with Crippen molar-refractivity contribution in [1.29, 1.82) is 0 Å². The van der Waals surface area contributed by atoms with Gasteiger partial charge in [-0.1, -0.05) is 0 Å². The highest BCUT2D eigenvalue weighted by atomic mass is 19.4. The third-order valence-corrected chi connectivity index (χ3v) is 2.69. The van der Waals surface area contributed by atoms with Crippen LogP contribution in [0, 0.1) is 6.92 Å². The number of nitrogens with two attached hydrogens (primary N) is 1. The normalized spacial score (nSPS) is 11.8. The minimum absolute atomic E-state index is 0.0723. The molecule has 0 aliphatic rings. The van der Waals surface area contributed by atoms with Crippen molar-refractivity contribution in [2.24, 2.45) is 7.05 Å². The van der Waals surface area contributed by atoms with Crippen molar-refractivity contribution in [2.45, 2.75) is 13.1 Å². The lowest BCUT2D eigenvalue weighted by atomic mass is 10.1. The zero-order valence-corrected chi connectivity index (χ0v) is 9.92. The van der Waals surface area contributed by atoms with E-state index in [2.05, 4.69) is 5.10 Å². The average molecular weight is 255 g/mol. The zero-order chi connectivity index (χ0) is 13.5. The van der Waals surface area contributed by atoms with Crippen molar-refractivity contribution in [3.05, 3.63) is 35.5 Å². The van der Waals surface area contributed by atoms with Gasteiger partial charge in [0.15, 0.2) is 0 Å². The second-order valence-electron chi connectivity index (χ2n) is 4.14. The Labute approximate surface area is 102 Å². The quantitative estimate of drug-likeness (QED) is 0.796. The summed E-state index contributed by atoms with van der Waals surface area (Å²) in [7, 11) is 1.73. The van der Waals surface area contributed by atoms with E-state index in [1.165, 1.54) is 6.07 Å². The molecule has 0 unspecified atom stereocenters. The second-order valence-corrected chi connectivity index (χ2v) is 4.14. The SMILES string of the molecule is Cc1cc(-c2cc(N)cc(C(F)(F)F)c2)nn1C. The van der Waals surface area contributed by atoms with Crippen LogP contribution in [0.5, 0.6) is 0 Å². The third kappa shape index (κ3) is 2.32. The van der Waals surface area contributed by atoms with Gasteiger partial charge in [0, 0.05) is 24.0 Å². The van der Waals surface area contributed by atoms with Crippen molar-refractivity contribution in [3.63, 3.8) is 0 Å². The smallest absolute Gasteiger partial charge is 0.399 e. The first-order valence-electron chi connectivity index (χ1n) is 5.26. The van der Waals surface area contributed by atoms with E-state index in [0.29, 0.717) is 11.3 Å². The standard InChI is InChI=1S/C12H12F3N3/c1-7-3-11(17-18(7)2)8-4-9(12(13,14)15)6-10(16)5-8/h3-6H,16H2,1-2H3. The Bertz CT molecular complexity index is 565. The molecule has 0 bridgehead atoms. The van der Waals surface area contributed by atoms with Crippen LogP contribution in [-0.2, 0) is 13.2 Å². The molecule has 96 valence electrons. The van der Waals surface area contributed by atoms with Gasteiger partial charge in [-0.25, -0.2) is 0 Å². The Morgan fingerprint density at radius 2 is 1.83 bits per heavy atom. The number of alkyl halides is 3. The zero-order valence-electron chi connectivity index (χ0n) is 9.92. The molecule has 0 amide bonds. The van der Waals surface area contributed by atoms with Crippen LogP contribution < -0.4 is 5.73 Å². The van der Waals surface area contributed by atoms with Crippen LogP contribution in [-0.4, -0.2) is 9.78 Å². The van der Waals surface area contributed by atoms with Crippen LogP contribution in [0.1, 0.15) is 11.3 Å². The Morgan fingerprint density at radius 1 is 1.17 bits per heavy atom. The fraction of sp³-hybridized carbons (Fsp3) is 0.250. The molecule has 0 spiro atoms. The maximum Gasteiger partial charge on any atom is 0.416 e. The molecule has 0 aliphatic carbocycles. The summed E-state index contributed by atoms with van der Waals surface area (Å²) in [5, 5.41) is 4.14. The molecule has 0 fully saturated rings. The highest BCUT2D eigenvalue weighted by Gasteiger charge is 2.31. The molecule has 2 rings (SSSR count). The van der Waals surface area contributed by atoms with Crippen molar-refractivity contribution >= 4 is 5.69 Å². The Kier molecular flexibility index (Phi) is 2.80. The van der Waals surface area contributed by atoms with Gasteiger partial charge in [-0.3, -0.25) is 4.68 Å². The number of nitrogen functional groups attached to an aromatic ring is 1. The van der Waals surface area contributed by atoms with E-state index in [9.17, 15) is 13.2 Å². The number of aryl methyl sites for hydroxylation is 2. The van der Waals surface area contributed by atoms with Crippen molar-refractivity contribution in [1.82, 2.24) is 9.78 Å². The van der Waals surface area contributed by atoms with Crippen LogP contribution in [0.2, 0.25) is 0 Å². The van der Waals surface area contributed by atoms with E-state index < -0.39 is 11.7 Å². The van der Waals surface area contributed by atoms with E-state index >= 15 is 0 Å². The van der Waals surface area contributed by atoms with Gasteiger partial charge in [-0.2, -0.15) is 18.3 Å². The number of rotatable bonds is 1. The fourth-order valence-corrected chi connectivity index (χ4v) is 1.66. The molecular formula is C12H12F3N3. The summed E-state index contributed by atoms with van der Waals surface area (Å²) >= 11 is 0. The van der Waals surface area contributed by atoms with Crippen molar-refractivity contribution in [3.8, 4) is 11.3 Å². The summed E-state index contributed by atoms with van der Waals surface area (Å²) in [5.74, 6) is 0. The van der Waals surface area contributed by atoms with Crippen LogP contribution in [0.15, 0.2) is 24.3 Å². The van der Waals surface area contributed by atoms with E-state index in [0.717, 1.165) is 17.8 Å². The maximum absolute atomic E-state index is 12.7. The van der Waals surface area contributed by atoms with Gasteiger partial charge >= 0.3 is 6.18 Å². The molecular weight excluding hydrogens is 243 g/mol. The molecule has 0 saturated carbocycles. The molecule has 1 aromatic carbocycles. The predicted octanol–water partition coefficient (Wildman–Crippen LogP) is 3.00. The van der Waals surface area contributed by atoms with Crippen LogP contribution in [0.3, 0.4) is 0 Å². The molecule has 2 aromatic rings.